The predicted octanol–water partition coefficient (Wildman–Crippen LogP) is 1.03. The Balaban J connectivity index is 1.96. The minimum atomic E-state index is -3.47. The molecular weight excluding hydrogens is 268 g/mol. The normalized spacial score (nSPS) is 18.5. The summed E-state index contributed by atoms with van der Waals surface area (Å²) >= 11 is 0. The van der Waals surface area contributed by atoms with Crippen molar-refractivity contribution >= 4 is 15.8 Å². The lowest BCUT2D eigenvalue weighted by molar-refractivity contribution is 0.0493. The molecule has 1 aliphatic rings. The van der Waals surface area contributed by atoms with Gasteiger partial charge in [0.1, 0.15) is 6.61 Å². The molecule has 0 bridgehead atoms. The molecule has 0 aromatic heterocycles. The summed E-state index contributed by atoms with van der Waals surface area (Å²) in [6.07, 6.45) is 1.06. The average Bonchev–Trinajstić information content (AvgIpc) is 2.84. The van der Waals surface area contributed by atoms with Crippen LogP contribution in [0.3, 0.4) is 0 Å². The Bertz CT molecular complexity index is 629. The van der Waals surface area contributed by atoms with Crippen molar-refractivity contribution in [2.75, 3.05) is 12.9 Å². The standard InChI is InChI=1S/C12H12N2O4S/c1-19(15,16)17-8-11-6-12(14-18-11)10-4-2-9(7-13)3-5-10/h2-5,11H,6,8H2,1H3. The summed E-state index contributed by atoms with van der Waals surface area (Å²) in [5.74, 6) is 0. The van der Waals surface area contributed by atoms with Gasteiger partial charge < -0.3 is 4.84 Å². The molecule has 0 saturated carbocycles. The van der Waals surface area contributed by atoms with E-state index in [9.17, 15) is 8.42 Å². The molecule has 1 aromatic carbocycles. The molecule has 1 aromatic rings. The number of hydrogen-bond donors (Lipinski definition) is 0. The Morgan fingerprint density at radius 1 is 1.47 bits per heavy atom. The maximum absolute atomic E-state index is 10.9. The van der Waals surface area contributed by atoms with Gasteiger partial charge in [-0.15, -0.1) is 0 Å². The Labute approximate surface area is 111 Å². The lowest BCUT2D eigenvalue weighted by Gasteiger charge is -2.06. The van der Waals surface area contributed by atoms with Gasteiger partial charge in [-0.25, -0.2) is 0 Å². The van der Waals surface area contributed by atoms with Crippen LogP contribution in [0.4, 0.5) is 0 Å². The van der Waals surface area contributed by atoms with Gasteiger partial charge >= 0.3 is 0 Å². The third-order valence-electron chi connectivity index (χ3n) is 2.55. The molecule has 0 saturated heterocycles. The van der Waals surface area contributed by atoms with Gasteiger partial charge in [0.15, 0.2) is 6.10 Å². The van der Waals surface area contributed by atoms with Crippen LogP contribution in [0.1, 0.15) is 17.5 Å². The molecule has 0 amide bonds. The van der Waals surface area contributed by atoms with E-state index in [0.717, 1.165) is 11.8 Å². The molecule has 0 fully saturated rings. The van der Waals surface area contributed by atoms with Crippen molar-refractivity contribution in [3.05, 3.63) is 35.4 Å². The lowest BCUT2D eigenvalue weighted by atomic mass is 10.0. The monoisotopic (exact) mass is 280 g/mol. The molecule has 0 aliphatic carbocycles. The van der Waals surface area contributed by atoms with Crippen molar-refractivity contribution in [2.24, 2.45) is 5.16 Å². The molecule has 1 unspecified atom stereocenters. The van der Waals surface area contributed by atoms with Gasteiger partial charge in [0.05, 0.1) is 23.6 Å². The SMILES string of the molecule is CS(=O)(=O)OCC1CC(c2ccc(C#N)cc2)=NO1. The van der Waals surface area contributed by atoms with E-state index in [-0.39, 0.29) is 6.61 Å². The van der Waals surface area contributed by atoms with Gasteiger partial charge in [0, 0.05) is 6.42 Å². The van der Waals surface area contributed by atoms with Gasteiger partial charge in [-0.05, 0) is 17.7 Å². The summed E-state index contributed by atoms with van der Waals surface area (Å²) in [4.78, 5) is 5.11. The molecular formula is C12H12N2O4S. The molecule has 2 rings (SSSR count). The fourth-order valence-electron chi connectivity index (χ4n) is 1.62. The second-order valence-corrected chi connectivity index (χ2v) is 5.79. The molecule has 0 radical (unpaired) electrons. The first-order valence-corrected chi connectivity index (χ1v) is 7.37. The molecule has 1 atom stereocenters. The van der Waals surface area contributed by atoms with E-state index >= 15 is 0 Å². The van der Waals surface area contributed by atoms with Gasteiger partial charge in [0.2, 0.25) is 0 Å². The van der Waals surface area contributed by atoms with E-state index in [2.05, 4.69) is 9.34 Å². The largest absolute Gasteiger partial charge is 0.389 e. The summed E-state index contributed by atoms with van der Waals surface area (Å²) in [6.45, 7) is -0.0535. The van der Waals surface area contributed by atoms with E-state index in [0.29, 0.717) is 17.7 Å². The number of nitrogens with zero attached hydrogens (tertiary/aromatic N) is 2. The second kappa shape index (κ2) is 5.38. The summed E-state index contributed by atoms with van der Waals surface area (Å²) in [6, 6.07) is 8.97. The van der Waals surface area contributed by atoms with Crippen LogP contribution < -0.4 is 0 Å². The van der Waals surface area contributed by atoms with E-state index < -0.39 is 16.2 Å². The Morgan fingerprint density at radius 3 is 2.74 bits per heavy atom. The van der Waals surface area contributed by atoms with Crippen molar-refractivity contribution in [1.82, 2.24) is 0 Å². The first-order chi connectivity index (χ1) is 8.98. The fraction of sp³-hybridized carbons (Fsp3) is 0.333. The minimum absolute atomic E-state index is 0.0535. The van der Waals surface area contributed by atoms with Crippen LogP contribution in [0.2, 0.25) is 0 Å². The first-order valence-electron chi connectivity index (χ1n) is 5.55. The van der Waals surface area contributed by atoms with Crippen LogP contribution in [0, 0.1) is 11.3 Å². The molecule has 100 valence electrons. The van der Waals surface area contributed by atoms with Gasteiger partial charge in [-0.2, -0.15) is 13.7 Å². The first kappa shape index (κ1) is 13.5. The fourth-order valence-corrected chi connectivity index (χ4v) is 2.02. The van der Waals surface area contributed by atoms with E-state index in [1.54, 1.807) is 24.3 Å². The van der Waals surface area contributed by atoms with Gasteiger partial charge in [-0.1, -0.05) is 17.3 Å². The van der Waals surface area contributed by atoms with Crippen LogP contribution in [0.25, 0.3) is 0 Å². The molecule has 6 nitrogen and oxygen atoms in total. The molecule has 0 N–H and O–H groups in total. The number of nitriles is 1. The summed E-state index contributed by atoms with van der Waals surface area (Å²) < 4.78 is 26.4. The van der Waals surface area contributed by atoms with Gasteiger partial charge in [0.25, 0.3) is 10.1 Å². The zero-order valence-corrected chi connectivity index (χ0v) is 11.1. The third-order valence-corrected chi connectivity index (χ3v) is 3.11. The van der Waals surface area contributed by atoms with Gasteiger partial charge in [-0.3, -0.25) is 4.18 Å². The van der Waals surface area contributed by atoms with Crippen LogP contribution >= 0.6 is 0 Å². The maximum atomic E-state index is 10.9. The predicted molar refractivity (Wildman–Crippen MR) is 68.0 cm³/mol. The van der Waals surface area contributed by atoms with Crippen molar-refractivity contribution in [3.63, 3.8) is 0 Å². The molecule has 1 heterocycles. The minimum Gasteiger partial charge on any atom is -0.389 e. The summed E-state index contributed by atoms with van der Waals surface area (Å²) in [7, 11) is -3.47. The number of oxime groups is 1. The topological polar surface area (TPSA) is 88.8 Å². The Kier molecular flexibility index (Phi) is 3.83. The van der Waals surface area contributed by atoms with E-state index in [1.165, 1.54) is 0 Å². The zero-order valence-electron chi connectivity index (χ0n) is 10.2. The highest BCUT2D eigenvalue weighted by Crippen LogP contribution is 2.17. The lowest BCUT2D eigenvalue weighted by Crippen LogP contribution is -2.18. The quantitative estimate of drug-likeness (QED) is 0.768. The van der Waals surface area contributed by atoms with E-state index in [1.807, 2.05) is 6.07 Å². The van der Waals surface area contributed by atoms with Crippen molar-refractivity contribution in [1.29, 1.82) is 5.26 Å². The second-order valence-electron chi connectivity index (χ2n) is 4.15. The van der Waals surface area contributed by atoms with Crippen molar-refractivity contribution in [2.45, 2.75) is 12.5 Å². The highest BCUT2D eigenvalue weighted by Gasteiger charge is 2.23. The molecule has 19 heavy (non-hydrogen) atoms. The van der Waals surface area contributed by atoms with Crippen molar-refractivity contribution < 1.29 is 17.4 Å². The van der Waals surface area contributed by atoms with Crippen LogP contribution in [0.15, 0.2) is 29.4 Å². The third kappa shape index (κ3) is 3.77. The highest BCUT2D eigenvalue weighted by atomic mass is 32.2. The van der Waals surface area contributed by atoms with Crippen molar-refractivity contribution in [3.8, 4) is 6.07 Å². The van der Waals surface area contributed by atoms with Crippen LogP contribution in [-0.2, 0) is 19.1 Å². The average molecular weight is 280 g/mol. The smallest absolute Gasteiger partial charge is 0.264 e. The zero-order chi connectivity index (χ0) is 13.9. The van der Waals surface area contributed by atoms with Crippen LogP contribution in [-0.4, -0.2) is 33.1 Å². The number of hydrogen-bond acceptors (Lipinski definition) is 6. The molecule has 7 heteroatoms. The van der Waals surface area contributed by atoms with Crippen LogP contribution in [0.5, 0.6) is 0 Å². The molecule has 1 aliphatic heterocycles. The Hall–Kier alpha value is -1.91. The highest BCUT2D eigenvalue weighted by molar-refractivity contribution is 7.85. The van der Waals surface area contributed by atoms with E-state index in [4.69, 9.17) is 10.1 Å². The Morgan fingerprint density at radius 2 is 2.16 bits per heavy atom. The summed E-state index contributed by atoms with van der Waals surface area (Å²) in [5, 5.41) is 12.6. The number of benzene rings is 1. The maximum Gasteiger partial charge on any atom is 0.264 e. The molecule has 0 spiro atoms. The number of rotatable bonds is 4. The summed E-state index contributed by atoms with van der Waals surface area (Å²) in [5.41, 5.74) is 2.13.